The van der Waals surface area contributed by atoms with Crippen LogP contribution in [0.2, 0.25) is 0 Å². The molecule has 2 aromatic carbocycles. The molecular formula is C22H25N3O2. The monoisotopic (exact) mass is 363 g/mol. The van der Waals surface area contributed by atoms with Crippen LogP contribution in [0.1, 0.15) is 28.5 Å². The number of aromatic nitrogens is 2. The molecule has 27 heavy (non-hydrogen) atoms. The lowest BCUT2D eigenvalue weighted by atomic mass is 9.97. The Morgan fingerprint density at radius 2 is 1.89 bits per heavy atom. The highest BCUT2D eigenvalue weighted by Crippen LogP contribution is 2.28. The molecule has 140 valence electrons. The number of methoxy groups -OCH3 is 1. The zero-order valence-electron chi connectivity index (χ0n) is 16.2. The average Bonchev–Trinajstić information content (AvgIpc) is 3.09. The van der Waals surface area contributed by atoms with Crippen LogP contribution in [0.15, 0.2) is 54.7 Å². The Balaban J connectivity index is 2.10. The van der Waals surface area contributed by atoms with Crippen LogP contribution in [0.4, 0.5) is 0 Å². The summed E-state index contributed by atoms with van der Waals surface area (Å²) >= 11 is 0. The third kappa shape index (κ3) is 4.26. The van der Waals surface area contributed by atoms with Gasteiger partial charge in [-0.1, -0.05) is 30.3 Å². The maximum Gasteiger partial charge on any atom is 0.251 e. The standard InChI is InChI=1S/C22H25N3O2/c1-15-10-11-25(24-15)21-13-19(18-8-6-5-7-9-18)12-20(17(21)3)22(26)23-16(2)14-27-4/h5-13,16H,14H2,1-4H3,(H,23,26). The van der Waals surface area contributed by atoms with Gasteiger partial charge in [0.15, 0.2) is 0 Å². The SMILES string of the molecule is COCC(C)NC(=O)c1cc(-c2ccccc2)cc(-n2ccc(C)n2)c1C. The molecule has 5 nitrogen and oxygen atoms in total. The van der Waals surface area contributed by atoms with E-state index < -0.39 is 0 Å². The molecule has 3 rings (SSSR count). The summed E-state index contributed by atoms with van der Waals surface area (Å²) in [5, 5.41) is 7.54. The maximum absolute atomic E-state index is 12.9. The van der Waals surface area contributed by atoms with Crippen molar-refractivity contribution in [2.75, 3.05) is 13.7 Å². The summed E-state index contributed by atoms with van der Waals surface area (Å²) in [7, 11) is 1.63. The average molecular weight is 363 g/mol. The van der Waals surface area contributed by atoms with Gasteiger partial charge in [0.1, 0.15) is 0 Å². The van der Waals surface area contributed by atoms with Crippen LogP contribution in [0.25, 0.3) is 16.8 Å². The van der Waals surface area contributed by atoms with Crippen molar-refractivity contribution in [1.29, 1.82) is 0 Å². The van der Waals surface area contributed by atoms with Crippen molar-refractivity contribution >= 4 is 5.91 Å². The number of nitrogens with one attached hydrogen (secondary N) is 1. The zero-order valence-corrected chi connectivity index (χ0v) is 16.2. The second-order valence-electron chi connectivity index (χ2n) is 6.77. The van der Waals surface area contributed by atoms with E-state index in [0.717, 1.165) is 28.1 Å². The molecule has 1 atom stereocenters. The van der Waals surface area contributed by atoms with E-state index in [1.54, 1.807) is 7.11 Å². The molecule has 0 fully saturated rings. The molecule has 0 saturated carbocycles. The van der Waals surface area contributed by atoms with Crippen molar-refractivity contribution in [3.05, 3.63) is 71.5 Å². The van der Waals surface area contributed by atoms with Crippen LogP contribution >= 0.6 is 0 Å². The predicted molar refractivity (Wildman–Crippen MR) is 107 cm³/mol. The molecule has 0 aliphatic heterocycles. The minimum Gasteiger partial charge on any atom is -0.383 e. The fourth-order valence-corrected chi connectivity index (χ4v) is 3.11. The minimum absolute atomic E-state index is 0.0716. The molecule has 0 aliphatic carbocycles. The van der Waals surface area contributed by atoms with Crippen molar-refractivity contribution in [2.45, 2.75) is 26.8 Å². The van der Waals surface area contributed by atoms with E-state index in [1.807, 2.05) is 74.1 Å². The largest absolute Gasteiger partial charge is 0.383 e. The highest BCUT2D eigenvalue weighted by molar-refractivity contribution is 5.98. The van der Waals surface area contributed by atoms with Crippen molar-refractivity contribution in [1.82, 2.24) is 15.1 Å². The Morgan fingerprint density at radius 3 is 2.52 bits per heavy atom. The molecule has 0 saturated heterocycles. The van der Waals surface area contributed by atoms with Gasteiger partial charge in [-0.15, -0.1) is 0 Å². The van der Waals surface area contributed by atoms with E-state index in [1.165, 1.54) is 0 Å². The number of hydrogen-bond acceptors (Lipinski definition) is 3. The number of rotatable bonds is 6. The van der Waals surface area contributed by atoms with Gasteiger partial charge >= 0.3 is 0 Å². The molecule has 1 N–H and O–H groups in total. The minimum atomic E-state index is -0.111. The molecule has 1 unspecified atom stereocenters. The quantitative estimate of drug-likeness (QED) is 0.722. The highest BCUT2D eigenvalue weighted by atomic mass is 16.5. The maximum atomic E-state index is 12.9. The summed E-state index contributed by atoms with van der Waals surface area (Å²) in [6, 6.07) is 15.9. The first-order chi connectivity index (χ1) is 13.0. The van der Waals surface area contributed by atoms with Crippen LogP contribution in [0.5, 0.6) is 0 Å². The predicted octanol–water partition coefficient (Wildman–Crippen LogP) is 3.92. The van der Waals surface area contributed by atoms with E-state index in [0.29, 0.717) is 12.2 Å². The molecule has 1 aromatic heterocycles. The number of ether oxygens (including phenoxy) is 1. The summed E-state index contributed by atoms with van der Waals surface area (Å²) in [6.45, 7) is 6.30. The topological polar surface area (TPSA) is 56.1 Å². The number of aryl methyl sites for hydroxylation is 1. The molecule has 1 heterocycles. The Bertz CT molecular complexity index is 932. The summed E-state index contributed by atoms with van der Waals surface area (Å²) < 4.78 is 6.96. The van der Waals surface area contributed by atoms with Gasteiger partial charge in [-0.2, -0.15) is 5.10 Å². The Labute approximate surface area is 160 Å². The van der Waals surface area contributed by atoms with Gasteiger partial charge in [0.2, 0.25) is 0 Å². The molecule has 3 aromatic rings. The second kappa shape index (κ2) is 8.18. The Hall–Kier alpha value is -2.92. The molecule has 0 aliphatic rings. The molecule has 5 heteroatoms. The first-order valence-electron chi connectivity index (χ1n) is 9.02. The molecule has 0 bridgehead atoms. The van der Waals surface area contributed by atoms with Crippen molar-refractivity contribution in [2.24, 2.45) is 0 Å². The number of amides is 1. The molecule has 0 radical (unpaired) electrons. The number of benzene rings is 2. The fourth-order valence-electron chi connectivity index (χ4n) is 3.11. The lowest BCUT2D eigenvalue weighted by Crippen LogP contribution is -2.36. The number of nitrogens with zero attached hydrogens (tertiary/aromatic N) is 2. The van der Waals surface area contributed by atoms with Gasteiger partial charge in [-0.25, -0.2) is 4.68 Å². The van der Waals surface area contributed by atoms with E-state index in [9.17, 15) is 4.79 Å². The summed E-state index contributed by atoms with van der Waals surface area (Å²) in [5.74, 6) is -0.111. The third-order valence-corrected chi connectivity index (χ3v) is 4.50. The Morgan fingerprint density at radius 1 is 1.15 bits per heavy atom. The fraction of sp³-hybridized carbons (Fsp3) is 0.273. The number of hydrogen-bond donors (Lipinski definition) is 1. The van der Waals surface area contributed by atoms with E-state index in [4.69, 9.17) is 4.74 Å². The van der Waals surface area contributed by atoms with Gasteiger partial charge in [0, 0.05) is 24.9 Å². The van der Waals surface area contributed by atoms with Crippen LogP contribution in [0, 0.1) is 13.8 Å². The van der Waals surface area contributed by atoms with Gasteiger partial charge in [0.25, 0.3) is 5.91 Å². The summed E-state index contributed by atoms with van der Waals surface area (Å²) in [6.07, 6.45) is 1.92. The van der Waals surface area contributed by atoms with E-state index >= 15 is 0 Å². The zero-order chi connectivity index (χ0) is 19.4. The lowest BCUT2D eigenvalue weighted by molar-refractivity contribution is 0.0905. The number of carbonyl (C=O) groups is 1. The van der Waals surface area contributed by atoms with E-state index in [-0.39, 0.29) is 11.9 Å². The van der Waals surface area contributed by atoms with Gasteiger partial charge < -0.3 is 10.1 Å². The lowest BCUT2D eigenvalue weighted by Gasteiger charge is -2.17. The number of carbonyl (C=O) groups excluding carboxylic acids is 1. The normalized spacial score (nSPS) is 12.0. The van der Waals surface area contributed by atoms with Crippen LogP contribution < -0.4 is 5.32 Å². The molecule has 1 amide bonds. The second-order valence-corrected chi connectivity index (χ2v) is 6.77. The van der Waals surface area contributed by atoms with Crippen LogP contribution in [0.3, 0.4) is 0 Å². The summed E-state index contributed by atoms with van der Waals surface area (Å²) in [4.78, 5) is 12.9. The molecule has 0 spiro atoms. The highest BCUT2D eigenvalue weighted by Gasteiger charge is 2.18. The van der Waals surface area contributed by atoms with Gasteiger partial charge in [0.05, 0.1) is 18.0 Å². The third-order valence-electron chi connectivity index (χ3n) is 4.50. The Kier molecular flexibility index (Phi) is 5.72. The first kappa shape index (κ1) is 18.9. The van der Waals surface area contributed by atoms with Crippen molar-refractivity contribution in [3.8, 4) is 16.8 Å². The van der Waals surface area contributed by atoms with Gasteiger partial charge in [-0.3, -0.25) is 4.79 Å². The van der Waals surface area contributed by atoms with Crippen molar-refractivity contribution < 1.29 is 9.53 Å². The van der Waals surface area contributed by atoms with Crippen molar-refractivity contribution in [3.63, 3.8) is 0 Å². The van der Waals surface area contributed by atoms with Gasteiger partial charge in [-0.05, 0) is 55.7 Å². The smallest absolute Gasteiger partial charge is 0.251 e. The summed E-state index contributed by atoms with van der Waals surface area (Å²) in [5.41, 5.74) is 5.39. The molecular weight excluding hydrogens is 338 g/mol. The first-order valence-corrected chi connectivity index (χ1v) is 9.02. The van der Waals surface area contributed by atoms with Crippen LogP contribution in [-0.2, 0) is 4.74 Å². The van der Waals surface area contributed by atoms with Crippen LogP contribution in [-0.4, -0.2) is 35.4 Å². The van der Waals surface area contributed by atoms with E-state index in [2.05, 4.69) is 16.5 Å².